The zero-order valence-corrected chi connectivity index (χ0v) is 13.9. The number of hydrogen-bond donors (Lipinski definition) is 2. The smallest absolute Gasteiger partial charge is 0.253 e. The number of amides is 1. The third-order valence-corrected chi connectivity index (χ3v) is 4.21. The fraction of sp³-hybridized carbons (Fsp3) is 0.250. The van der Waals surface area contributed by atoms with Crippen LogP contribution in [0.2, 0.25) is 0 Å². The van der Waals surface area contributed by atoms with Gasteiger partial charge in [0, 0.05) is 24.3 Å². The molecule has 0 saturated carbocycles. The van der Waals surface area contributed by atoms with Crippen molar-refractivity contribution in [2.45, 2.75) is 32.4 Å². The van der Waals surface area contributed by atoms with Gasteiger partial charge in [-0.15, -0.1) is 0 Å². The lowest BCUT2D eigenvalue weighted by Crippen LogP contribution is -2.42. The molecule has 0 bridgehead atoms. The first-order valence-corrected chi connectivity index (χ1v) is 8.14. The Kier molecular flexibility index (Phi) is 4.67. The van der Waals surface area contributed by atoms with Crippen LogP contribution in [0.4, 0.5) is 0 Å². The Morgan fingerprint density at radius 2 is 1.92 bits per heavy atom. The van der Waals surface area contributed by atoms with E-state index in [4.69, 9.17) is 0 Å². The summed E-state index contributed by atoms with van der Waals surface area (Å²) >= 11 is 0. The van der Waals surface area contributed by atoms with Crippen LogP contribution in [0, 0.1) is 6.92 Å². The van der Waals surface area contributed by atoms with Crippen LogP contribution in [0.5, 0.6) is 0 Å². The van der Waals surface area contributed by atoms with Crippen molar-refractivity contribution in [2.24, 2.45) is 0 Å². The third-order valence-electron chi connectivity index (χ3n) is 4.21. The fourth-order valence-corrected chi connectivity index (χ4v) is 2.81. The molecule has 124 valence electrons. The summed E-state index contributed by atoms with van der Waals surface area (Å²) in [7, 11) is 0. The molecule has 0 spiro atoms. The molecular formula is C20H22N2O2. The van der Waals surface area contributed by atoms with E-state index in [1.165, 1.54) is 0 Å². The first kappa shape index (κ1) is 16.3. The van der Waals surface area contributed by atoms with E-state index in [2.05, 4.69) is 11.4 Å². The minimum absolute atomic E-state index is 0.178. The molecule has 2 aromatic heterocycles. The second-order valence-corrected chi connectivity index (χ2v) is 6.29. The van der Waals surface area contributed by atoms with Gasteiger partial charge in [-0.3, -0.25) is 4.79 Å². The number of pyridine rings is 1. The van der Waals surface area contributed by atoms with Crippen molar-refractivity contribution >= 4 is 11.4 Å². The number of aliphatic hydroxyl groups excluding tert-OH is 1. The molecule has 4 nitrogen and oxygen atoms in total. The molecule has 2 unspecified atom stereocenters. The maximum atomic E-state index is 12.4. The molecule has 2 N–H and O–H groups in total. The molecule has 0 aliphatic heterocycles. The summed E-state index contributed by atoms with van der Waals surface area (Å²) in [6.45, 7) is 3.85. The highest BCUT2D eigenvalue weighted by Crippen LogP contribution is 2.12. The van der Waals surface area contributed by atoms with Gasteiger partial charge in [-0.05, 0) is 43.2 Å². The first-order chi connectivity index (χ1) is 11.5. The van der Waals surface area contributed by atoms with E-state index in [0.29, 0.717) is 12.0 Å². The number of aliphatic hydroxyl groups is 1. The molecular weight excluding hydrogens is 300 g/mol. The van der Waals surface area contributed by atoms with Crippen LogP contribution < -0.4 is 5.32 Å². The summed E-state index contributed by atoms with van der Waals surface area (Å²) in [5, 5.41) is 13.2. The lowest BCUT2D eigenvalue weighted by Gasteiger charge is -2.20. The van der Waals surface area contributed by atoms with Crippen molar-refractivity contribution in [1.82, 2.24) is 9.72 Å². The van der Waals surface area contributed by atoms with E-state index in [9.17, 15) is 9.90 Å². The van der Waals surface area contributed by atoms with Crippen molar-refractivity contribution in [1.29, 1.82) is 0 Å². The van der Waals surface area contributed by atoms with Gasteiger partial charge in [0.25, 0.3) is 5.91 Å². The zero-order chi connectivity index (χ0) is 17.1. The van der Waals surface area contributed by atoms with E-state index in [-0.39, 0.29) is 11.9 Å². The standard InChI is InChI=1S/C20H22N2O2/c1-14-10-18-9-8-17(13-22(18)12-14)20(24)21-15(2)19(23)11-16-6-4-3-5-7-16/h3-10,12-13,15,19,23H,11H2,1-2H3,(H,21,24). The van der Waals surface area contributed by atoms with Gasteiger partial charge in [-0.2, -0.15) is 0 Å². The number of aryl methyl sites for hydroxylation is 1. The van der Waals surface area contributed by atoms with Crippen molar-refractivity contribution in [3.05, 3.63) is 77.6 Å². The lowest BCUT2D eigenvalue weighted by molar-refractivity contribution is 0.0851. The highest BCUT2D eigenvalue weighted by atomic mass is 16.3. The largest absolute Gasteiger partial charge is 0.391 e. The highest BCUT2D eigenvalue weighted by Gasteiger charge is 2.18. The Morgan fingerprint density at radius 1 is 1.17 bits per heavy atom. The van der Waals surface area contributed by atoms with Crippen molar-refractivity contribution in [3.63, 3.8) is 0 Å². The van der Waals surface area contributed by atoms with E-state index in [1.54, 1.807) is 6.07 Å². The number of hydrogen-bond acceptors (Lipinski definition) is 2. The van der Waals surface area contributed by atoms with E-state index < -0.39 is 6.10 Å². The van der Waals surface area contributed by atoms with Gasteiger partial charge in [0.05, 0.1) is 17.7 Å². The minimum atomic E-state index is -0.631. The van der Waals surface area contributed by atoms with Gasteiger partial charge in [-0.1, -0.05) is 30.3 Å². The fourth-order valence-electron chi connectivity index (χ4n) is 2.81. The monoisotopic (exact) mass is 322 g/mol. The van der Waals surface area contributed by atoms with Gasteiger partial charge in [0.15, 0.2) is 0 Å². The maximum Gasteiger partial charge on any atom is 0.253 e. The molecule has 1 amide bonds. The second kappa shape index (κ2) is 6.89. The zero-order valence-electron chi connectivity index (χ0n) is 13.9. The van der Waals surface area contributed by atoms with Gasteiger partial charge >= 0.3 is 0 Å². The number of aromatic nitrogens is 1. The predicted octanol–water partition coefficient (Wildman–Crippen LogP) is 2.97. The quantitative estimate of drug-likeness (QED) is 0.759. The Morgan fingerprint density at radius 3 is 2.67 bits per heavy atom. The van der Waals surface area contributed by atoms with Crippen LogP contribution in [0.15, 0.2) is 60.9 Å². The molecule has 2 heterocycles. The number of nitrogens with zero attached hydrogens (tertiary/aromatic N) is 1. The molecule has 4 heteroatoms. The Labute approximate surface area is 141 Å². The molecule has 3 aromatic rings. The number of nitrogens with one attached hydrogen (secondary N) is 1. The molecule has 0 aliphatic rings. The molecule has 0 fully saturated rings. The Hall–Kier alpha value is -2.59. The van der Waals surface area contributed by atoms with Gasteiger partial charge in [0.2, 0.25) is 0 Å². The number of rotatable bonds is 5. The summed E-state index contributed by atoms with van der Waals surface area (Å²) in [6, 6.07) is 15.2. The Bertz CT molecular complexity index is 839. The maximum absolute atomic E-state index is 12.4. The number of carbonyl (C=O) groups excluding carboxylic acids is 1. The molecule has 24 heavy (non-hydrogen) atoms. The molecule has 0 aliphatic carbocycles. The SMILES string of the molecule is Cc1cc2ccc(C(=O)NC(C)C(O)Cc3ccccc3)cn2c1. The van der Waals surface area contributed by atoms with Crippen molar-refractivity contribution in [3.8, 4) is 0 Å². The molecule has 0 saturated heterocycles. The molecule has 2 atom stereocenters. The molecule has 0 radical (unpaired) electrons. The van der Waals surface area contributed by atoms with Gasteiger partial charge in [0.1, 0.15) is 0 Å². The van der Waals surface area contributed by atoms with Crippen molar-refractivity contribution < 1.29 is 9.90 Å². The highest BCUT2D eigenvalue weighted by molar-refractivity contribution is 5.94. The van der Waals surface area contributed by atoms with Crippen LogP contribution in [0.1, 0.15) is 28.4 Å². The van der Waals surface area contributed by atoms with Crippen LogP contribution in [0.25, 0.3) is 5.52 Å². The van der Waals surface area contributed by atoms with E-state index >= 15 is 0 Å². The van der Waals surface area contributed by atoms with Crippen LogP contribution in [-0.4, -0.2) is 27.6 Å². The second-order valence-electron chi connectivity index (χ2n) is 6.29. The summed E-state index contributed by atoms with van der Waals surface area (Å²) in [5.41, 5.74) is 3.84. The van der Waals surface area contributed by atoms with Crippen LogP contribution >= 0.6 is 0 Å². The van der Waals surface area contributed by atoms with Gasteiger partial charge in [-0.25, -0.2) is 0 Å². The summed E-state index contributed by atoms with van der Waals surface area (Å²) in [6.07, 6.45) is 3.68. The van der Waals surface area contributed by atoms with Gasteiger partial charge < -0.3 is 14.8 Å². The number of fused-ring (bicyclic) bond motifs is 1. The van der Waals surface area contributed by atoms with Crippen LogP contribution in [0.3, 0.4) is 0 Å². The number of carbonyl (C=O) groups is 1. The van der Waals surface area contributed by atoms with E-state index in [1.807, 2.05) is 67.0 Å². The Balaban J connectivity index is 1.66. The van der Waals surface area contributed by atoms with Crippen LogP contribution in [-0.2, 0) is 6.42 Å². The minimum Gasteiger partial charge on any atom is -0.391 e. The van der Waals surface area contributed by atoms with E-state index in [0.717, 1.165) is 16.6 Å². The predicted molar refractivity (Wildman–Crippen MR) is 95.2 cm³/mol. The summed E-state index contributed by atoms with van der Waals surface area (Å²) < 4.78 is 1.94. The summed E-state index contributed by atoms with van der Waals surface area (Å²) in [4.78, 5) is 12.4. The third kappa shape index (κ3) is 3.66. The summed E-state index contributed by atoms with van der Waals surface area (Å²) in [5.74, 6) is -0.178. The average molecular weight is 322 g/mol. The normalized spacial score (nSPS) is 13.6. The molecule has 1 aromatic carbocycles. The van der Waals surface area contributed by atoms with Crippen molar-refractivity contribution in [2.75, 3.05) is 0 Å². The first-order valence-electron chi connectivity index (χ1n) is 8.14. The lowest BCUT2D eigenvalue weighted by atomic mass is 10.0. The number of benzene rings is 1. The average Bonchev–Trinajstić information content (AvgIpc) is 2.94. The molecule has 3 rings (SSSR count). The topological polar surface area (TPSA) is 53.7 Å².